The van der Waals surface area contributed by atoms with Crippen LogP contribution < -0.4 is 15.2 Å². The van der Waals surface area contributed by atoms with Crippen LogP contribution in [-0.2, 0) is 6.42 Å². The van der Waals surface area contributed by atoms with E-state index in [1.54, 1.807) is 14.2 Å². The van der Waals surface area contributed by atoms with Crippen LogP contribution >= 0.6 is 15.9 Å². The van der Waals surface area contributed by atoms with Gasteiger partial charge in [-0.1, -0.05) is 6.07 Å². The molecule has 0 atom stereocenters. The van der Waals surface area contributed by atoms with Crippen molar-refractivity contribution in [3.05, 3.63) is 22.2 Å². The Labute approximate surface area is 92.3 Å². The van der Waals surface area contributed by atoms with Gasteiger partial charge in [0, 0.05) is 0 Å². The zero-order valence-electron chi connectivity index (χ0n) is 8.34. The van der Waals surface area contributed by atoms with Crippen LogP contribution in [0.4, 0.5) is 0 Å². The van der Waals surface area contributed by atoms with E-state index in [1.807, 2.05) is 12.1 Å². The number of halogens is 1. The lowest BCUT2D eigenvalue weighted by Crippen LogP contribution is -2.04. The van der Waals surface area contributed by atoms with Crippen molar-refractivity contribution in [2.75, 3.05) is 20.8 Å². The Morgan fingerprint density at radius 1 is 1.29 bits per heavy atom. The summed E-state index contributed by atoms with van der Waals surface area (Å²) in [6.07, 6.45) is 0.820. The molecule has 0 saturated carbocycles. The summed E-state index contributed by atoms with van der Waals surface area (Å²) in [5, 5.41) is 0. The van der Waals surface area contributed by atoms with E-state index in [4.69, 9.17) is 15.2 Å². The molecule has 0 unspecified atom stereocenters. The summed E-state index contributed by atoms with van der Waals surface area (Å²) in [5.74, 6) is 1.44. The van der Waals surface area contributed by atoms with Gasteiger partial charge in [0.2, 0.25) is 0 Å². The Morgan fingerprint density at radius 2 is 2.00 bits per heavy atom. The minimum atomic E-state index is 0.619. The Hall–Kier alpha value is -0.740. The molecule has 0 saturated heterocycles. The number of methoxy groups -OCH3 is 2. The highest BCUT2D eigenvalue weighted by molar-refractivity contribution is 9.10. The van der Waals surface area contributed by atoms with Gasteiger partial charge >= 0.3 is 0 Å². The van der Waals surface area contributed by atoms with Gasteiger partial charge in [-0.3, -0.25) is 0 Å². The van der Waals surface area contributed by atoms with Crippen LogP contribution in [0, 0.1) is 0 Å². The minimum Gasteiger partial charge on any atom is -0.493 e. The van der Waals surface area contributed by atoms with Crippen molar-refractivity contribution in [3.63, 3.8) is 0 Å². The van der Waals surface area contributed by atoms with Crippen molar-refractivity contribution in [2.24, 2.45) is 5.73 Å². The summed E-state index contributed by atoms with van der Waals surface area (Å²) in [7, 11) is 3.24. The van der Waals surface area contributed by atoms with Gasteiger partial charge in [0.25, 0.3) is 0 Å². The number of ether oxygens (including phenoxy) is 2. The molecule has 0 fully saturated rings. The molecule has 0 heterocycles. The van der Waals surface area contributed by atoms with Gasteiger partial charge in [0.1, 0.15) is 0 Å². The minimum absolute atomic E-state index is 0.619. The van der Waals surface area contributed by atoms with Gasteiger partial charge in [0.05, 0.1) is 18.7 Å². The number of rotatable bonds is 4. The Balaban J connectivity index is 3.13. The van der Waals surface area contributed by atoms with E-state index < -0.39 is 0 Å². The number of hydrogen-bond donors (Lipinski definition) is 1. The molecule has 14 heavy (non-hydrogen) atoms. The molecule has 0 aliphatic heterocycles. The van der Waals surface area contributed by atoms with E-state index in [2.05, 4.69) is 15.9 Å². The number of hydrogen-bond acceptors (Lipinski definition) is 3. The molecule has 3 nitrogen and oxygen atoms in total. The van der Waals surface area contributed by atoms with Gasteiger partial charge in [0.15, 0.2) is 11.5 Å². The normalized spacial score (nSPS) is 10.0. The van der Waals surface area contributed by atoms with E-state index >= 15 is 0 Å². The van der Waals surface area contributed by atoms with Crippen LogP contribution in [0.5, 0.6) is 11.5 Å². The smallest absolute Gasteiger partial charge is 0.175 e. The van der Waals surface area contributed by atoms with E-state index in [0.717, 1.165) is 28.0 Å². The van der Waals surface area contributed by atoms with Crippen molar-refractivity contribution in [3.8, 4) is 11.5 Å². The summed E-state index contributed by atoms with van der Waals surface area (Å²) in [6, 6.07) is 3.87. The highest BCUT2D eigenvalue weighted by Gasteiger charge is 2.11. The van der Waals surface area contributed by atoms with Crippen LogP contribution in [0.2, 0.25) is 0 Å². The molecule has 4 heteroatoms. The second-order valence-corrected chi connectivity index (χ2v) is 3.61. The lowest BCUT2D eigenvalue weighted by Gasteiger charge is -2.12. The molecular formula is C10H14BrNO2. The van der Waals surface area contributed by atoms with Crippen LogP contribution in [0.3, 0.4) is 0 Å². The van der Waals surface area contributed by atoms with Gasteiger partial charge in [-0.25, -0.2) is 0 Å². The molecule has 0 radical (unpaired) electrons. The number of benzene rings is 1. The second-order valence-electron chi connectivity index (χ2n) is 2.81. The second kappa shape index (κ2) is 5.22. The standard InChI is InChI=1S/C10H14BrNO2/c1-13-8-4-3-7(5-6-12)9(11)10(8)14-2/h3-4H,5-6,12H2,1-2H3. The van der Waals surface area contributed by atoms with E-state index in [1.165, 1.54) is 0 Å². The molecular weight excluding hydrogens is 246 g/mol. The fraction of sp³-hybridized carbons (Fsp3) is 0.400. The van der Waals surface area contributed by atoms with E-state index in [-0.39, 0.29) is 0 Å². The first-order chi connectivity index (χ1) is 6.74. The van der Waals surface area contributed by atoms with Crippen molar-refractivity contribution in [2.45, 2.75) is 6.42 Å². The lowest BCUT2D eigenvalue weighted by atomic mass is 10.1. The molecule has 1 aromatic carbocycles. The van der Waals surface area contributed by atoms with Gasteiger partial charge in [-0.2, -0.15) is 0 Å². The zero-order chi connectivity index (χ0) is 10.6. The molecule has 0 bridgehead atoms. The zero-order valence-corrected chi connectivity index (χ0v) is 9.93. The third-order valence-electron chi connectivity index (χ3n) is 1.98. The molecule has 2 N–H and O–H groups in total. The van der Waals surface area contributed by atoms with Crippen molar-refractivity contribution < 1.29 is 9.47 Å². The third kappa shape index (κ3) is 2.19. The molecule has 1 aromatic rings. The average molecular weight is 260 g/mol. The predicted octanol–water partition coefficient (Wildman–Crippen LogP) is 1.97. The van der Waals surface area contributed by atoms with Gasteiger partial charge < -0.3 is 15.2 Å². The lowest BCUT2D eigenvalue weighted by molar-refractivity contribution is 0.352. The summed E-state index contributed by atoms with van der Waals surface area (Å²) >= 11 is 3.47. The first-order valence-corrected chi connectivity index (χ1v) is 5.13. The van der Waals surface area contributed by atoms with Crippen LogP contribution in [0.25, 0.3) is 0 Å². The molecule has 0 aliphatic rings. The summed E-state index contributed by atoms with van der Waals surface area (Å²) in [6.45, 7) is 0.619. The van der Waals surface area contributed by atoms with Crippen LogP contribution in [0.15, 0.2) is 16.6 Å². The fourth-order valence-electron chi connectivity index (χ4n) is 1.28. The third-order valence-corrected chi connectivity index (χ3v) is 2.85. The molecule has 0 aromatic heterocycles. The molecule has 78 valence electrons. The van der Waals surface area contributed by atoms with Gasteiger partial charge in [-0.15, -0.1) is 0 Å². The molecule has 0 aliphatic carbocycles. The van der Waals surface area contributed by atoms with Crippen LogP contribution in [-0.4, -0.2) is 20.8 Å². The molecule has 0 spiro atoms. The largest absolute Gasteiger partial charge is 0.493 e. The first-order valence-electron chi connectivity index (χ1n) is 4.34. The average Bonchev–Trinajstić information content (AvgIpc) is 2.21. The first kappa shape index (κ1) is 11.3. The van der Waals surface area contributed by atoms with Crippen molar-refractivity contribution >= 4 is 15.9 Å². The Kier molecular flexibility index (Phi) is 4.22. The number of nitrogens with two attached hydrogens (primary N) is 1. The van der Waals surface area contributed by atoms with E-state index in [9.17, 15) is 0 Å². The van der Waals surface area contributed by atoms with Crippen LogP contribution in [0.1, 0.15) is 5.56 Å². The Bertz CT molecular complexity index is 315. The maximum absolute atomic E-state index is 5.50. The van der Waals surface area contributed by atoms with E-state index in [0.29, 0.717) is 6.54 Å². The SMILES string of the molecule is COc1ccc(CCN)c(Br)c1OC. The maximum Gasteiger partial charge on any atom is 0.175 e. The summed E-state index contributed by atoms with van der Waals surface area (Å²) in [4.78, 5) is 0. The monoisotopic (exact) mass is 259 g/mol. The maximum atomic E-state index is 5.50. The summed E-state index contributed by atoms with van der Waals surface area (Å²) in [5.41, 5.74) is 6.63. The quantitative estimate of drug-likeness (QED) is 0.900. The van der Waals surface area contributed by atoms with Crippen molar-refractivity contribution in [1.29, 1.82) is 0 Å². The van der Waals surface area contributed by atoms with Crippen molar-refractivity contribution in [1.82, 2.24) is 0 Å². The highest BCUT2D eigenvalue weighted by atomic mass is 79.9. The highest BCUT2D eigenvalue weighted by Crippen LogP contribution is 2.37. The Morgan fingerprint density at radius 3 is 2.50 bits per heavy atom. The fourth-order valence-corrected chi connectivity index (χ4v) is 1.97. The van der Waals surface area contributed by atoms with Gasteiger partial charge in [-0.05, 0) is 40.5 Å². The summed E-state index contributed by atoms with van der Waals surface area (Å²) < 4.78 is 11.3. The molecule has 0 amide bonds. The predicted molar refractivity (Wildman–Crippen MR) is 60.0 cm³/mol. The molecule has 1 rings (SSSR count). The topological polar surface area (TPSA) is 44.5 Å².